The van der Waals surface area contributed by atoms with Crippen molar-refractivity contribution in [1.29, 1.82) is 0 Å². The first-order valence-electron chi connectivity index (χ1n) is 8.29. The predicted octanol–water partition coefficient (Wildman–Crippen LogP) is 2.40. The number of hydrogen-bond acceptors (Lipinski definition) is 4. The molecule has 0 saturated carbocycles. The first kappa shape index (κ1) is 15.0. The molecule has 2 aliphatic rings. The minimum atomic E-state index is -0.144. The van der Waals surface area contributed by atoms with Crippen LogP contribution in [-0.2, 0) is 0 Å². The van der Waals surface area contributed by atoms with Crippen LogP contribution in [0.2, 0.25) is 0 Å². The summed E-state index contributed by atoms with van der Waals surface area (Å²) in [7, 11) is 4.04. The van der Waals surface area contributed by atoms with Crippen LogP contribution >= 0.6 is 0 Å². The van der Waals surface area contributed by atoms with E-state index in [0.717, 1.165) is 41.0 Å². The highest BCUT2D eigenvalue weighted by atomic mass is 16.2. The third-order valence-electron chi connectivity index (χ3n) is 4.98. The van der Waals surface area contributed by atoms with E-state index in [2.05, 4.69) is 39.4 Å². The second-order valence-corrected chi connectivity index (χ2v) is 6.69. The highest BCUT2D eigenvalue weighted by Crippen LogP contribution is 2.42. The van der Waals surface area contributed by atoms with Gasteiger partial charge in [0, 0.05) is 32.4 Å². The van der Waals surface area contributed by atoms with Crippen molar-refractivity contribution in [3.8, 4) is 0 Å². The Labute approximate surface area is 142 Å². The average molecular weight is 322 g/mol. The van der Waals surface area contributed by atoms with Crippen LogP contribution in [0.4, 0.5) is 11.4 Å². The number of carbonyl (C=O) groups excluding carboxylic acids is 1. The van der Waals surface area contributed by atoms with Gasteiger partial charge in [-0.15, -0.1) is 0 Å². The number of carbonyl (C=O) groups is 1. The van der Waals surface area contributed by atoms with Crippen molar-refractivity contribution in [2.75, 3.05) is 30.4 Å². The predicted molar refractivity (Wildman–Crippen MR) is 96.3 cm³/mol. The van der Waals surface area contributed by atoms with Crippen LogP contribution in [0, 0.1) is 0 Å². The average Bonchev–Trinajstić information content (AvgIpc) is 2.60. The van der Waals surface area contributed by atoms with Crippen molar-refractivity contribution < 1.29 is 4.79 Å². The number of anilines is 2. The van der Waals surface area contributed by atoms with Crippen LogP contribution in [0.1, 0.15) is 40.1 Å². The summed E-state index contributed by atoms with van der Waals surface area (Å²) >= 11 is 0. The first-order chi connectivity index (χ1) is 11.6. The van der Waals surface area contributed by atoms with Crippen molar-refractivity contribution in [3.63, 3.8) is 0 Å². The van der Waals surface area contributed by atoms with Crippen molar-refractivity contribution in [3.05, 3.63) is 59.2 Å². The standard InChI is InChI=1S/C19H22N4O/c1-22(2)13-8-6-12(7-9-13)18-21-19(24)15-5-3-4-14-16(20)10-11-23(18)17(14)15/h3-9,16,18H,10-11,20H2,1-2H3,(H,21,24)/t16-,18+/m0/s1. The van der Waals surface area contributed by atoms with Crippen molar-refractivity contribution in [1.82, 2.24) is 5.32 Å². The maximum atomic E-state index is 12.6. The SMILES string of the molecule is CN(C)c1ccc([C@@H]2NC(=O)c3cccc4c3N2CC[C@@H]4N)cc1. The fourth-order valence-electron chi connectivity index (χ4n) is 3.67. The second-order valence-electron chi connectivity index (χ2n) is 6.69. The smallest absolute Gasteiger partial charge is 0.255 e. The Kier molecular flexibility index (Phi) is 3.46. The minimum absolute atomic E-state index is 0.00105. The normalized spacial score (nSPS) is 22.0. The van der Waals surface area contributed by atoms with E-state index in [-0.39, 0.29) is 18.1 Å². The van der Waals surface area contributed by atoms with Crippen LogP contribution < -0.4 is 20.9 Å². The van der Waals surface area contributed by atoms with Gasteiger partial charge in [-0.2, -0.15) is 0 Å². The van der Waals surface area contributed by atoms with E-state index in [1.54, 1.807) is 0 Å². The summed E-state index contributed by atoms with van der Waals surface area (Å²) < 4.78 is 0. The maximum absolute atomic E-state index is 12.6. The molecule has 5 heteroatoms. The van der Waals surface area contributed by atoms with Crippen LogP contribution in [0.25, 0.3) is 0 Å². The summed E-state index contributed by atoms with van der Waals surface area (Å²) in [5.41, 5.74) is 11.3. The lowest BCUT2D eigenvalue weighted by Crippen LogP contribution is -2.49. The van der Waals surface area contributed by atoms with Crippen molar-refractivity contribution in [2.45, 2.75) is 18.6 Å². The van der Waals surface area contributed by atoms with Gasteiger partial charge in [-0.05, 0) is 35.7 Å². The van der Waals surface area contributed by atoms with E-state index < -0.39 is 0 Å². The number of para-hydroxylation sites is 1. The minimum Gasteiger partial charge on any atom is -0.378 e. The van der Waals surface area contributed by atoms with Crippen LogP contribution in [-0.4, -0.2) is 26.5 Å². The molecule has 0 fully saturated rings. The lowest BCUT2D eigenvalue weighted by molar-refractivity contribution is 0.0925. The molecule has 0 aliphatic carbocycles. The Balaban J connectivity index is 1.78. The molecule has 2 aromatic rings. The van der Waals surface area contributed by atoms with Gasteiger partial charge in [-0.3, -0.25) is 4.79 Å². The van der Waals surface area contributed by atoms with Gasteiger partial charge in [0.05, 0.1) is 11.3 Å². The molecule has 2 aromatic carbocycles. The van der Waals surface area contributed by atoms with Gasteiger partial charge in [0.1, 0.15) is 6.17 Å². The molecule has 24 heavy (non-hydrogen) atoms. The quantitative estimate of drug-likeness (QED) is 0.891. The van der Waals surface area contributed by atoms with Crippen molar-refractivity contribution >= 4 is 17.3 Å². The van der Waals surface area contributed by atoms with Gasteiger partial charge in [0.15, 0.2) is 0 Å². The van der Waals surface area contributed by atoms with Gasteiger partial charge in [-0.1, -0.05) is 24.3 Å². The molecule has 0 aromatic heterocycles. The van der Waals surface area contributed by atoms with Gasteiger partial charge >= 0.3 is 0 Å². The summed E-state index contributed by atoms with van der Waals surface area (Å²) in [6.45, 7) is 0.839. The molecule has 0 spiro atoms. The summed E-state index contributed by atoms with van der Waals surface area (Å²) in [6.07, 6.45) is 0.744. The van der Waals surface area contributed by atoms with E-state index in [1.165, 1.54) is 0 Å². The summed E-state index contributed by atoms with van der Waals surface area (Å²) in [5.74, 6) is -0.0288. The monoisotopic (exact) mass is 322 g/mol. The molecule has 2 atom stereocenters. The van der Waals surface area contributed by atoms with E-state index >= 15 is 0 Å². The van der Waals surface area contributed by atoms with Crippen LogP contribution in [0.5, 0.6) is 0 Å². The molecule has 0 radical (unpaired) electrons. The highest BCUT2D eigenvalue weighted by molar-refractivity contribution is 6.03. The molecule has 4 rings (SSSR count). The zero-order valence-corrected chi connectivity index (χ0v) is 14.0. The molecule has 0 bridgehead atoms. The second kappa shape index (κ2) is 5.53. The molecule has 3 N–H and O–H groups in total. The number of nitrogens with two attached hydrogens (primary N) is 1. The summed E-state index contributed by atoms with van der Waals surface area (Å²) in [5, 5.41) is 3.15. The van der Waals surface area contributed by atoms with E-state index in [1.807, 2.05) is 32.3 Å². The molecular formula is C19H22N4O. The van der Waals surface area contributed by atoms with Crippen LogP contribution in [0.15, 0.2) is 42.5 Å². The number of nitrogens with zero attached hydrogens (tertiary/aromatic N) is 2. The van der Waals surface area contributed by atoms with Gasteiger partial charge in [0.2, 0.25) is 0 Å². The maximum Gasteiger partial charge on any atom is 0.255 e. The molecule has 2 heterocycles. The van der Waals surface area contributed by atoms with Gasteiger partial charge < -0.3 is 20.9 Å². The van der Waals surface area contributed by atoms with Crippen molar-refractivity contribution in [2.24, 2.45) is 5.73 Å². The number of nitrogens with one attached hydrogen (secondary N) is 1. The number of benzene rings is 2. The third-order valence-corrected chi connectivity index (χ3v) is 4.98. The Bertz CT molecular complexity index is 784. The molecule has 0 saturated heterocycles. The topological polar surface area (TPSA) is 61.6 Å². The number of amides is 1. The Morgan fingerprint density at radius 1 is 1.17 bits per heavy atom. The lowest BCUT2D eigenvalue weighted by atomic mass is 9.90. The Hall–Kier alpha value is -2.53. The number of hydrogen-bond donors (Lipinski definition) is 2. The summed E-state index contributed by atoms with van der Waals surface area (Å²) in [6, 6.07) is 14.2. The lowest BCUT2D eigenvalue weighted by Gasteiger charge is -2.44. The van der Waals surface area contributed by atoms with Crippen LogP contribution in [0.3, 0.4) is 0 Å². The molecule has 2 aliphatic heterocycles. The van der Waals surface area contributed by atoms with E-state index in [9.17, 15) is 4.79 Å². The Morgan fingerprint density at radius 2 is 1.92 bits per heavy atom. The van der Waals surface area contributed by atoms with Gasteiger partial charge in [0.25, 0.3) is 5.91 Å². The van der Waals surface area contributed by atoms with Gasteiger partial charge in [-0.25, -0.2) is 0 Å². The highest BCUT2D eigenvalue weighted by Gasteiger charge is 2.36. The zero-order chi connectivity index (χ0) is 16.8. The van der Waals surface area contributed by atoms with E-state index in [4.69, 9.17) is 5.73 Å². The number of rotatable bonds is 2. The molecular weight excluding hydrogens is 300 g/mol. The largest absolute Gasteiger partial charge is 0.378 e. The summed E-state index contributed by atoms with van der Waals surface area (Å²) in [4.78, 5) is 16.9. The fourth-order valence-corrected chi connectivity index (χ4v) is 3.67. The first-order valence-corrected chi connectivity index (χ1v) is 8.29. The van der Waals surface area contributed by atoms with E-state index in [0.29, 0.717) is 0 Å². The molecule has 1 amide bonds. The molecule has 5 nitrogen and oxygen atoms in total. The fraction of sp³-hybridized carbons (Fsp3) is 0.316. The zero-order valence-electron chi connectivity index (χ0n) is 14.0. The Morgan fingerprint density at radius 3 is 2.62 bits per heavy atom. The molecule has 124 valence electrons. The third kappa shape index (κ3) is 2.24. The molecule has 0 unspecified atom stereocenters.